The van der Waals surface area contributed by atoms with Gasteiger partial charge in [0, 0.05) is 82.6 Å². The SMILES string of the molecule is c1ccc(-c2ccc(-n3c4ccccc4c4cc(N(c5cc(N(c6ccc7c(c6)c6ccccc6n7-c6ccc(-c7ccccc7)cc6)c6cccc7ccccc67)cc(N(c6ccc7c(c6)c6ccccc6n7-c6ccc(-c7ccccc7)cc6)c6cccc7ccccc67)c5)c5cccc6ccccc56)ccc43)cc2)cc1. The maximum atomic E-state index is 2.53. The van der Waals surface area contributed by atoms with E-state index in [9.17, 15) is 0 Å². The molecule has 0 bridgehead atoms. The number of aromatic nitrogens is 3. The van der Waals surface area contributed by atoms with Crippen molar-refractivity contribution in [3.63, 3.8) is 0 Å². The van der Waals surface area contributed by atoms with Gasteiger partial charge in [-0.1, -0.05) is 291 Å². The molecule has 22 aromatic rings. The average molecular weight is 1450 g/mol. The molecule has 3 aromatic heterocycles. The number of hydrogen-bond donors (Lipinski definition) is 0. The Morgan fingerprint density at radius 2 is 0.368 bits per heavy atom. The molecule has 0 saturated heterocycles. The number of rotatable bonds is 15. The molecule has 0 aliphatic rings. The summed E-state index contributed by atoms with van der Waals surface area (Å²) in [5.74, 6) is 0. The van der Waals surface area contributed by atoms with Gasteiger partial charge in [0.2, 0.25) is 0 Å². The molecule has 0 atom stereocenters. The normalized spacial score (nSPS) is 11.7. The molecule has 114 heavy (non-hydrogen) atoms. The first-order valence-corrected chi connectivity index (χ1v) is 39.1. The van der Waals surface area contributed by atoms with Gasteiger partial charge < -0.3 is 28.4 Å². The summed E-state index contributed by atoms with van der Waals surface area (Å²) in [5.41, 5.74) is 26.2. The number of fused-ring (bicyclic) bond motifs is 12. The van der Waals surface area contributed by atoms with Crippen LogP contribution in [0, 0.1) is 0 Å². The van der Waals surface area contributed by atoms with Crippen LogP contribution in [-0.4, -0.2) is 13.7 Å². The van der Waals surface area contributed by atoms with Gasteiger partial charge in [-0.15, -0.1) is 0 Å². The van der Waals surface area contributed by atoms with E-state index in [1.165, 1.54) is 49.5 Å². The lowest BCUT2D eigenvalue weighted by Gasteiger charge is -2.34. The van der Waals surface area contributed by atoms with Crippen molar-refractivity contribution in [1.82, 2.24) is 13.7 Å². The quantitative estimate of drug-likeness (QED) is 0.102. The number of para-hydroxylation sites is 3. The number of nitrogens with zero attached hydrogens (tertiary/aromatic N) is 6. The van der Waals surface area contributed by atoms with Crippen LogP contribution in [0.4, 0.5) is 51.2 Å². The largest absolute Gasteiger partial charge is 0.310 e. The molecule has 0 aliphatic carbocycles. The van der Waals surface area contributed by atoms with Gasteiger partial charge in [-0.3, -0.25) is 0 Å². The molecule has 0 saturated carbocycles. The third kappa shape index (κ3) is 11.2. The molecule has 3 heterocycles. The second-order valence-corrected chi connectivity index (χ2v) is 29.6. The first kappa shape index (κ1) is 65.8. The maximum Gasteiger partial charge on any atom is 0.0542 e. The van der Waals surface area contributed by atoms with E-state index >= 15 is 0 Å². The van der Waals surface area contributed by atoms with Gasteiger partial charge in [-0.2, -0.15) is 0 Å². The number of benzene rings is 19. The fourth-order valence-electron chi connectivity index (χ4n) is 17.9. The third-order valence-electron chi connectivity index (χ3n) is 23.1. The first-order chi connectivity index (χ1) is 56.5. The van der Waals surface area contributed by atoms with Crippen LogP contribution in [0.2, 0.25) is 0 Å². The lowest BCUT2D eigenvalue weighted by Crippen LogP contribution is -2.17. The zero-order valence-corrected chi connectivity index (χ0v) is 62.3. The highest BCUT2D eigenvalue weighted by molar-refractivity contribution is 6.15. The van der Waals surface area contributed by atoms with Crippen molar-refractivity contribution in [1.29, 1.82) is 0 Å². The highest BCUT2D eigenvalue weighted by atomic mass is 15.2. The Morgan fingerprint density at radius 1 is 0.140 bits per heavy atom. The van der Waals surface area contributed by atoms with Crippen LogP contribution in [0.1, 0.15) is 0 Å². The Bertz CT molecular complexity index is 6730. The van der Waals surface area contributed by atoms with Crippen molar-refractivity contribution >= 4 is 149 Å². The lowest BCUT2D eigenvalue weighted by atomic mass is 10.0. The van der Waals surface area contributed by atoms with Crippen LogP contribution in [0.25, 0.3) is 148 Å². The second kappa shape index (κ2) is 27.4. The predicted molar refractivity (Wildman–Crippen MR) is 482 cm³/mol. The minimum atomic E-state index is 0.960. The van der Waals surface area contributed by atoms with E-state index in [-0.39, 0.29) is 0 Å². The van der Waals surface area contributed by atoms with Crippen LogP contribution >= 0.6 is 0 Å². The van der Waals surface area contributed by atoms with E-state index in [0.29, 0.717) is 0 Å². The molecule has 22 rings (SSSR count). The fraction of sp³-hybridized carbons (Fsp3) is 0. The molecule has 6 heteroatoms. The summed E-state index contributed by atoms with van der Waals surface area (Å²) in [7, 11) is 0. The minimum absolute atomic E-state index is 0.960. The average Bonchev–Trinajstić information content (AvgIpc) is 1.30. The van der Waals surface area contributed by atoms with E-state index in [1.807, 2.05) is 0 Å². The van der Waals surface area contributed by atoms with Gasteiger partial charge in [0.05, 0.1) is 67.2 Å². The number of anilines is 9. The van der Waals surface area contributed by atoms with Gasteiger partial charge >= 0.3 is 0 Å². The topological polar surface area (TPSA) is 24.5 Å². The van der Waals surface area contributed by atoms with Crippen molar-refractivity contribution in [3.05, 3.63) is 437 Å². The van der Waals surface area contributed by atoms with Crippen LogP contribution in [0.5, 0.6) is 0 Å². The van der Waals surface area contributed by atoms with Gasteiger partial charge in [-0.25, -0.2) is 0 Å². The Labute approximate surface area is 660 Å². The summed E-state index contributed by atoms with van der Waals surface area (Å²) in [5, 5.41) is 13.7. The molecule has 19 aromatic carbocycles. The summed E-state index contributed by atoms with van der Waals surface area (Å²) >= 11 is 0. The molecular formula is C108H72N6. The maximum absolute atomic E-state index is 2.53. The summed E-state index contributed by atoms with van der Waals surface area (Å²) in [4.78, 5) is 7.58. The molecule has 0 unspecified atom stereocenters. The standard InChI is InChI=1S/C108H72N6/c1-4-25-73(26-5-1)76-49-55-82(56-50-76)112-103-43-19-16-40-94(103)97-70-85(61-64-106(97)112)109(100-46-22-34-79-31-10-13-37-91(79)100)88-67-89(110(101-47-23-35-80-32-11-14-38-92(80)101)86-62-65-107-98(71-86)95-41-17-20-44-104(95)113(107)83-57-51-77(52-58-83)74-27-6-2-7-28-74)69-90(68-88)111(102-48-24-36-81-33-12-15-39-93(81)102)87-63-66-108-99(72-87)96-42-18-21-45-105(96)114(108)84-59-53-78(54-60-84)75-29-8-3-9-30-75/h1-72H. The molecule has 0 spiro atoms. The second-order valence-electron chi connectivity index (χ2n) is 29.6. The van der Waals surface area contributed by atoms with Gasteiger partial charge in [-0.05, 0) is 195 Å². The van der Waals surface area contributed by atoms with Crippen molar-refractivity contribution in [2.24, 2.45) is 0 Å². The molecule has 0 aliphatic heterocycles. The summed E-state index contributed by atoms with van der Waals surface area (Å²) in [6.45, 7) is 0. The summed E-state index contributed by atoms with van der Waals surface area (Å²) in [6, 6.07) is 161. The molecule has 0 N–H and O–H groups in total. The highest BCUT2D eigenvalue weighted by Crippen LogP contribution is 2.52. The molecular weight excluding hydrogens is 1380 g/mol. The van der Waals surface area contributed by atoms with Crippen molar-refractivity contribution in [2.45, 2.75) is 0 Å². The zero-order chi connectivity index (χ0) is 75.2. The monoisotopic (exact) mass is 1450 g/mol. The smallest absolute Gasteiger partial charge is 0.0542 e. The first-order valence-electron chi connectivity index (χ1n) is 39.1. The third-order valence-corrected chi connectivity index (χ3v) is 23.1. The Kier molecular flexibility index (Phi) is 15.8. The van der Waals surface area contributed by atoms with Crippen molar-refractivity contribution in [2.75, 3.05) is 14.7 Å². The van der Waals surface area contributed by atoms with Gasteiger partial charge in [0.25, 0.3) is 0 Å². The van der Waals surface area contributed by atoms with Crippen LogP contribution in [0.15, 0.2) is 437 Å². The van der Waals surface area contributed by atoms with E-state index in [0.717, 1.165) is 150 Å². The lowest BCUT2D eigenvalue weighted by molar-refractivity contribution is 1.18. The van der Waals surface area contributed by atoms with Crippen molar-refractivity contribution < 1.29 is 0 Å². The van der Waals surface area contributed by atoms with Crippen LogP contribution in [0.3, 0.4) is 0 Å². The van der Waals surface area contributed by atoms with Crippen molar-refractivity contribution in [3.8, 4) is 50.4 Å². The molecule has 0 radical (unpaired) electrons. The zero-order valence-electron chi connectivity index (χ0n) is 62.3. The highest BCUT2D eigenvalue weighted by Gasteiger charge is 2.28. The van der Waals surface area contributed by atoms with Crippen LogP contribution < -0.4 is 14.7 Å². The Balaban J connectivity index is 0.818. The Morgan fingerprint density at radius 3 is 0.658 bits per heavy atom. The summed E-state index contributed by atoms with van der Waals surface area (Å²) < 4.78 is 7.29. The number of hydrogen-bond acceptors (Lipinski definition) is 3. The minimum Gasteiger partial charge on any atom is -0.310 e. The molecule has 0 fully saturated rings. The Hall–Kier alpha value is -15.2. The van der Waals surface area contributed by atoms with Gasteiger partial charge in [0.1, 0.15) is 0 Å². The molecule has 534 valence electrons. The van der Waals surface area contributed by atoms with Gasteiger partial charge in [0.15, 0.2) is 0 Å². The molecule has 6 nitrogen and oxygen atoms in total. The van der Waals surface area contributed by atoms with Crippen LogP contribution in [-0.2, 0) is 0 Å². The van der Waals surface area contributed by atoms with E-state index in [4.69, 9.17) is 0 Å². The molecule has 0 amide bonds. The van der Waals surface area contributed by atoms with E-state index in [2.05, 4.69) is 465 Å². The van der Waals surface area contributed by atoms with E-state index in [1.54, 1.807) is 0 Å². The summed E-state index contributed by atoms with van der Waals surface area (Å²) in [6.07, 6.45) is 0. The fourth-order valence-corrected chi connectivity index (χ4v) is 17.9. The predicted octanol–water partition coefficient (Wildman–Crippen LogP) is 29.8. The van der Waals surface area contributed by atoms with E-state index < -0.39 is 0 Å².